The lowest BCUT2D eigenvalue weighted by atomic mass is 10.0. The van der Waals surface area contributed by atoms with Gasteiger partial charge in [0.2, 0.25) is 5.91 Å². The summed E-state index contributed by atoms with van der Waals surface area (Å²) in [7, 11) is 0. The van der Waals surface area contributed by atoms with Crippen LogP contribution in [0.2, 0.25) is 0 Å². The van der Waals surface area contributed by atoms with Gasteiger partial charge in [0.15, 0.2) is 0 Å². The third-order valence-corrected chi connectivity index (χ3v) is 4.68. The average molecular weight is 416 g/mol. The van der Waals surface area contributed by atoms with Crippen molar-refractivity contribution < 1.29 is 14.3 Å². The number of benzene rings is 1. The quantitative estimate of drug-likeness (QED) is 0.554. The molecule has 0 saturated carbocycles. The standard InChI is InChI=1S/C16H21IN2O3/c1-10(2)18(11(3)4)16(21)22-13-6-7-14-12(9-13)5-8-15(20)19(14)17/h6-7,9-11H,5,8H2,1-4H3. The van der Waals surface area contributed by atoms with Crippen molar-refractivity contribution in [1.29, 1.82) is 0 Å². The summed E-state index contributed by atoms with van der Waals surface area (Å²) in [6, 6.07) is 5.57. The van der Waals surface area contributed by atoms with E-state index in [2.05, 4.69) is 0 Å². The number of aryl methyl sites for hydroxylation is 1. The summed E-state index contributed by atoms with van der Waals surface area (Å²) in [6.07, 6.45) is 0.817. The Morgan fingerprint density at radius 3 is 2.45 bits per heavy atom. The highest BCUT2D eigenvalue weighted by Crippen LogP contribution is 2.33. The lowest BCUT2D eigenvalue weighted by Gasteiger charge is -2.30. The van der Waals surface area contributed by atoms with Gasteiger partial charge in [-0.05, 0) is 57.9 Å². The molecule has 0 saturated heterocycles. The van der Waals surface area contributed by atoms with Gasteiger partial charge >= 0.3 is 6.09 Å². The maximum atomic E-state index is 12.3. The summed E-state index contributed by atoms with van der Waals surface area (Å²) in [5.41, 5.74) is 1.90. The number of halogens is 1. The fourth-order valence-corrected chi connectivity index (χ4v) is 3.37. The number of rotatable bonds is 3. The Balaban J connectivity index is 2.18. The molecule has 0 bridgehead atoms. The first-order valence-electron chi connectivity index (χ1n) is 7.43. The Labute approximate surface area is 145 Å². The Morgan fingerprint density at radius 2 is 1.86 bits per heavy atom. The van der Waals surface area contributed by atoms with Gasteiger partial charge in [0, 0.05) is 18.5 Å². The van der Waals surface area contributed by atoms with Gasteiger partial charge in [0.25, 0.3) is 0 Å². The van der Waals surface area contributed by atoms with Gasteiger partial charge in [-0.25, -0.2) is 4.79 Å². The molecule has 6 heteroatoms. The number of fused-ring (bicyclic) bond motifs is 1. The largest absolute Gasteiger partial charge is 0.415 e. The van der Waals surface area contributed by atoms with Gasteiger partial charge in [0.1, 0.15) is 5.75 Å². The number of carbonyl (C=O) groups is 2. The maximum absolute atomic E-state index is 12.3. The van der Waals surface area contributed by atoms with E-state index in [0.717, 1.165) is 11.3 Å². The molecule has 2 rings (SSSR count). The lowest BCUT2D eigenvalue weighted by molar-refractivity contribution is -0.117. The minimum absolute atomic E-state index is 0.0765. The van der Waals surface area contributed by atoms with Crippen LogP contribution in [0.15, 0.2) is 18.2 Å². The first-order chi connectivity index (χ1) is 10.3. The molecular formula is C16H21IN2O3. The zero-order valence-corrected chi connectivity index (χ0v) is 15.5. The summed E-state index contributed by atoms with van der Waals surface area (Å²) in [4.78, 5) is 25.7. The van der Waals surface area contributed by atoms with Crippen LogP contribution in [0.4, 0.5) is 10.5 Å². The molecule has 22 heavy (non-hydrogen) atoms. The van der Waals surface area contributed by atoms with E-state index in [1.165, 1.54) is 0 Å². The van der Waals surface area contributed by atoms with Gasteiger partial charge < -0.3 is 9.64 Å². The van der Waals surface area contributed by atoms with E-state index >= 15 is 0 Å². The number of ether oxygens (including phenoxy) is 1. The van der Waals surface area contributed by atoms with Crippen molar-refractivity contribution in [3.05, 3.63) is 23.8 Å². The van der Waals surface area contributed by atoms with Crippen molar-refractivity contribution in [3.63, 3.8) is 0 Å². The molecule has 2 amide bonds. The van der Waals surface area contributed by atoms with Crippen LogP contribution in [0.25, 0.3) is 0 Å². The van der Waals surface area contributed by atoms with E-state index in [1.807, 2.05) is 62.7 Å². The first kappa shape index (κ1) is 17.1. The molecule has 5 nitrogen and oxygen atoms in total. The van der Waals surface area contributed by atoms with Crippen molar-refractivity contribution in [1.82, 2.24) is 4.90 Å². The monoisotopic (exact) mass is 416 g/mol. The molecular weight excluding hydrogens is 395 g/mol. The third kappa shape index (κ3) is 3.53. The van der Waals surface area contributed by atoms with E-state index < -0.39 is 0 Å². The highest BCUT2D eigenvalue weighted by Gasteiger charge is 2.25. The Morgan fingerprint density at radius 1 is 1.23 bits per heavy atom. The molecule has 1 aliphatic rings. The molecule has 0 unspecified atom stereocenters. The van der Waals surface area contributed by atoms with Crippen molar-refractivity contribution in [3.8, 4) is 5.75 Å². The zero-order chi connectivity index (χ0) is 16.4. The molecule has 0 radical (unpaired) electrons. The minimum Gasteiger partial charge on any atom is -0.410 e. The number of carbonyl (C=O) groups excluding carboxylic acids is 2. The van der Waals surface area contributed by atoms with Crippen molar-refractivity contribution in [2.45, 2.75) is 52.6 Å². The Bertz CT molecular complexity index is 579. The molecule has 0 atom stereocenters. The topological polar surface area (TPSA) is 49.9 Å². The second-order valence-electron chi connectivity index (χ2n) is 5.93. The zero-order valence-electron chi connectivity index (χ0n) is 13.3. The molecule has 1 aromatic rings. The second-order valence-corrected chi connectivity index (χ2v) is 6.89. The van der Waals surface area contributed by atoms with Crippen LogP contribution in [0.1, 0.15) is 39.7 Å². The smallest absolute Gasteiger partial charge is 0.410 e. The number of anilines is 1. The van der Waals surface area contributed by atoms with Gasteiger partial charge in [-0.15, -0.1) is 0 Å². The molecule has 1 aliphatic heterocycles. The molecule has 1 heterocycles. The summed E-state index contributed by atoms with van der Waals surface area (Å²) in [6.45, 7) is 7.86. The molecule has 1 aromatic carbocycles. The first-order valence-corrected chi connectivity index (χ1v) is 8.39. The second kappa shape index (κ2) is 6.85. The van der Waals surface area contributed by atoms with E-state index in [-0.39, 0.29) is 24.1 Å². The van der Waals surface area contributed by atoms with E-state index in [1.54, 1.807) is 14.1 Å². The fourth-order valence-electron chi connectivity index (χ4n) is 2.66. The van der Waals surface area contributed by atoms with Crippen LogP contribution in [0, 0.1) is 0 Å². The molecule has 0 aliphatic carbocycles. The van der Waals surface area contributed by atoms with E-state index in [4.69, 9.17) is 4.74 Å². The number of amides is 2. The van der Waals surface area contributed by atoms with Crippen LogP contribution >= 0.6 is 22.9 Å². The number of hydrogen-bond acceptors (Lipinski definition) is 3. The van der Waals surface area contributed by atoms with Crippen molar-refractivity contribution >= 4 is 40.6 Å². The summed E-state index contributed by atoms with van der Waals surface area (Å²) >= 11 is 2.01. The number of hydrogen-bond donors (Lipinski definition) is 0. The van der Waals surface area contributed by atoms with Crippen LogP contribution < -0.4 is 7.85 Å². The van der Waals surface area contributed by atoms with E-state index in [9.17, 15) is 9.59 Å². The summed E-state index contributed by atoms with van der Waals surface area (Å²) in [5, 5.41) is 0. The van der Waals surface area contributed by atoms with Gasteiger partial charge in [-0.3, -0.25) is 7.91 Å². The average Bonchev–Trinajstić information content (AvgIpc) is 2.42. The maximum Gasteiger partial charge on any atom is 0.415 e. The third-order valence-electron chi connectivity index (χ3n) is 3.62. The van der Waals surface area contributed by atoms with E-state index in [0.29, 0.717) is 18.6 Å². The highest BCUT2D eigenvalue weighted by atomic mass is 127. The summed E-state index contributed by atoms with van der Waals surface area (Å²) < 4.78 is 7.13. The Hall–Kier alpha value is -1.31. The van der Waals surface area contributed by atoms with Crippen LogP contribution in [0.5, 0.6) is 5.75 Å². The van der Waals surface area contributed by atoms with Crippen molar-refractivity contribution in [2.24, 2.45) is 0 Å². The minimum atomic E-state index is -0.344. The fraction of sp³-hybridized carbons (Fsp3) is 0.500. The lowest BCUT2D eigenvalue weighted by Crippen LogP contribution is -2.43. The molecule has 0 spiro atoms. The predicted octanol–water partition coefficient (Wildman–Crippen LogP) is 3.93. The highest BCUT2D eigenvalue weighted by molar-refractivity contribution is 14.1. The van der Waals surface area contributed by atoms with Crippen molar-refractivity contribution in [2.75, 3.05) is 3.11 Å². The van der Waals surface area contributed by atoms with Gasteiger partial charge in [-0.2, -0.15) is 0 Å². The van der Waals surface area contributed by atoms with Crippen LogP contribution in [-0.4, -0.2) is 29.0 Å². The Kier molecular flexibility index (Phi) is 5.31. The molecule has 0 aromatic heterocycles. The normalized spacial score (nSPS) is 14.3. The van der Waals surface area contributed by atoms with Crippen LogP contribution in [-0.2, 0) is 11.2 Å². The molecule has 0 fully saturated rings. The molecule has 120 valence electrons. The summed E-state index contributed by atoms with van der Waals surface area (Å²) in [5.74, 6) is 0.623. The van der Waals surface area contributed by atoms with Gasteiger partial charge in [-0.1, -0.05) is 0 Å². The van der Waals surface area contributed by atoms with Gasteiger partial charge in [0.05, 0.1) is 28.6 Å². The predicted molar refractivity (Wildman–Crippen MR) is 94.4 cm³/mol. The molecule has 0 N–H and O–H groups in total. The van der Waals surface area contributed by atoms with Crippen LogP contribution in [0.3, 0.4) is 0 Å². The number of nitrogens with zero attached hydrogens (tertiary/aromatic N) is 2. The SMILES string of the molecule is CC(C)N(C(=O)Oc1ccc2c(c1)CCC(=O)N2I)C(C)C.